The molecule has 1 fully saturated rings. The standard InChI is InChI=1S/C20H22N2O3/c1-14-5-6-17(21-13-14)20(24)8-10-22(11-9-20)19(23)16-4-2-3-15-7-12-25-18(15)16/h2-6,13,24H,7-12H2,1H3. The number of aromatic nitrogens is 1. The number of para-hydroxylation sites is 1. The number of fused-ring (bicyclic) bond motifs is 1. The normalized spacial score (nSPS) is 18.6. The SMILES string of the molecule is Cc1ccc(C2(O)CCN(C(=O)c3cccc4c3OCC4)CC2)nc1. The molecule has 5 nitrogen and oxygen atoms in total. The second-order valence-electron chi connectivity index (χ2n) is 6.94. The van der Waals surface area contributed by atoms with Gasteiger partial charge in [0.05, 0.1) is 17.9 Å². The van der Waals surface area contributed by atoms with Crippen molar-refractivity contribution >= 4 is 5.91 Å². The van der Waals surface area contributed by atoms with Gasteiger partial charge in [0.25, 0.3) is 5.91 Å². The molecule has 4 rings (SSSR count). The van der Waals surface area contributed by atoms with Crippen molar-refractivity contribution in [2.24, 2.45) is 0 Å². The summed E-state index contributed by atoms with van der Waals surface area (Å²) in [7, 11) is 0. The molecule has 0 aliphatic carbocycles. The zero-order valence-electron chi connectivity index (χ0n) is 14.4. The van der Waals surface area contributed by atoms with Gasteiger partial charge in [-0.1, -0.05) is 18.2 Å². The first-order valence-electron chi connectivity index (χ1n) is 8.76. The number of nitrogens with zero attached hydrogens (tertiary/aromatic N) is 2. The number of carbonyl (C=O) groups excluding carboxylic acids is 1. The number of likely N-dealkylation sites (tertiary alicyclic amines) is 1. The number of amides is 1. The number of aryl methyl sites for hydroxylation is 1. The summed E-state index contributed by atoms with van der Waals surface area (Å²) in [5.74, 6) is 0.714. The Balaban J connectivity index is 1.49. The second kappa shape index (κ2) is 6.15. The average molecular weight is 338 g/mol. The summed E-state index contributed by atoms with van der Waals surface area (Å²) < 4.78 is 5.66. The van der Waals surface area contributed by atoms with Crippen LogP contribution in [-0.2, 0) is 12.0 Å². The van der Waals surface area contributed by atoms with Crippen LogP contribution in [0, 0.1) is 6.92 Å². The van der Waals surface area contributed by atoms with Crippen LogP contribution in [0.3, 0.4) is 0 Å². The highest BCUT2D eigenvalue weighted by Gasteiger charge is 2.37. The fourth-order valence-electron chi connectivity index (χ4n) is 3.63. The van der Waals surface area contributed by atoms with E-state index in [1.807, 2.05) is 37.3 Å². The van der Waals surface area contributed by atoms with Gasteiger partial charge in [-0.15, -0.1) is 0 Å². The zero-order chi connectivity index (χ0) is 17.4. The third-order valence-electron chi connectivity index (χ3n) is 5.21. The van der Waals surface area contributed by atoms with Gasteiger partial charge in [-0.2, -0.15) is 0 Å². The predicted molar refractivity (Wildman–Crippen MR) is 93.6 cm³/mol. The summed E-state index contributed by atoms with van der Waals surface area (Å²) in [6.45, 7) is 3.63. The maximum atomic E-state index is 12.9. The fraction of sp³-hybridized carbons (Fsp3) is 0.400. The Morgan fingerprint density at radius 1 is 1.24 bits per heavy atom. The largest absolute Gasteiger partial charge is 0.492 e. The minimum Gasteiger partial charge on any atom is -0.492 e. The van der Waals surface area contributed by atoms with Crippen LogP contribution in [0.4, 0.5) is 0 Å². The topological polar surface area (TPSA) is 62.7 Å². The summed E-state index contributed by atoms with van der Waals surface area (Å²) >= 11 is 0. The Kier molecular flexibility index (Phi) is 3.96. The number of rotatable bonds is 2. The molecule has 0 saturated carbocycles. The molecule has 2 aliphatic rings. The van der Waals surface area contributed by atoms with Crippen LogP contribution < -0.4 is 4.74 Å². The summed E-state index contributed by atoms with van der Waals surface area (Å²) in [4.78, 5) is 19.1. The molecule has 0 atom stereocenters. The Morgan fingerprint density at radius 2 is 2.04 bits per heavy atom. The maximum absolute atomic E-state index is 12.9. The van der Waals surface area contributed by atoms with Crippen LogP contribution >= 0.6 is 0 Å². The molecule has 1 N–H and O–H groups in total. The smallest absolute Gasteiger partial charge is 0.257 e. The van der Waals surface area contributed by atoms with Gasteiger partial charge in [-0.3, -0.25) is 9.78 Å². The highest BCUT2D eigenvalue weighted by atomic mass is 16.5. The molecule has 1 aromatic heterocycles. The number of ether oxygens (including phenoxy) is 1. The van der Waals surface area contributed by atoms with E-state index in [0.717, 1.165) is 23.3 Å². The van der Waals surface area contributed by atoms with Crippen molar-refractivity contribution in [2.45, 2.75) is 31.8 Å². The number of carbonyl (C=O) groups is 1. The average Bonchev–Trinajstić information content (AvgIpc) is 3.11. The Morgan fingerprint density at radius 3 is 2.76 bits per heavy atom. The number of piperidine rings is 1. The summed E-state index contributed by atoms with van der Waals surface area (Å²) in [5.41, 5.74) is 2.53. The van der Waals surface area contributed by atoms with E-state index in [9.17, 15) is 9.90 Å². The van der Waals surface area contributed by atoms with Crippen molar-refractivity contribution in [1.29, 1.82) is 0 Å². The van der Waals surface area contributed by atoms with E-state index in [1.165, 1.54) is 0 Å². The Hall–Kier alpha value is -2.40. The minimum absolute atomic E-state index is 0.0161. The van der Waals surface area contributed by atoms with Crippen LogP contribution in [0.1, 0.15) is 40.0 Å². The van der Waals surface area contributed by atoms with E-state index in [1.54, 1.807) is 11.1 Å². The molecule has 1 amide bonds. The summed E-state index contributed by atoms with van der Waals surface area (Å²) in [5, 5.41) is 10.9. The lowest BCUT2D eigenvalue weighted by Gasteiger charge is -2.38. The summed E-state index contributed by atoms with van der Waals surface area (Å²) in [6, 6.07) is 9.59. The van der Waals surface area contributed by atoms with Crippen molar-refractivity contribution in [3.8, 4) is 5.75 Å². The molecule has 1 aromatic carbocycles. The van der Waals surface area contributed by atoms with Crippen LogP contribution in [0.2, 0.25) is 0 Å². The van der Waals surface area contributed by atoms with Crippen LogP contribution in [-0.4, -0.2) is 40.6 Å². The first-order valence-corrected chi connectivity index (χ1v) is 8.76. The first kappa shape index (κ1) is 16.1. The second-order valence-corrected chi connectivity index (χ2v) is 6.94. The molecule has 2 aromatic rings. The van der Waals surface area contributed by atoms with Crippen molar-refractivity contribution in [3.63, 3.8) is 0 Å². The number of pyridine rings is 1. The minimum atomic E-state index is -0.959. The van der Waals surface area contributed by atoms with E-state index in [-0.39, 0.29) is 5.91 Å². The van der Waals surface area contributed by atoms with E-state index in [0.29, 0.717) is 43.8 Å². The monoisotopic (exact) mass is 338 g/mol. The zero-order valence-corrected chi connectivity index (χ0v) is 14.4. The molecule has 1 saturated heterocycles. The Bertz CT molecular complexity index is 793. The Labute approximate surface area is 147 Å². The van der Waals surface area contributed by atoms with Gasteiger partial charge in [0.2, 0.25) is 0 Å². The van der Waals surface area contributed by atoms with Gasteiger partial charge in [0.15, 0.2) is 0 Å². The molecule has 25 heavy (non-hydrogen) atoms. The van der Waals surface area contributed by atoms with Crippen molar-refractivity contribution in [1.82, 2.24) is 9.88 Å². The number of hydrogen-bond donors (Lipinski definition) is 1. The fourth-order valence-corrected chi connectivity index (χ4v) is 3.63. The first-order chi connectivity index (χ1) is 12.1. The van der Waals surface area contributed by atoms with Gasteiger partial charge in [0, 0.05) is 25.7 Å². The molecule has 0 spiro atoms. The number of benzene rings is 1. The van der Waals surface area contributed by atoms with Gasteiger partial charge < -0.3 is 14.7 Å². The van der Waals surface area contributed by atoms with E-state index in [4.69, 9.17) is 4.74 Å². The molecule has 0 radical (unpaired) electrons. The molecule has 3 heterocycles. The van der Waals surface area contributed by atoms with Crippen LogP contribution in [0.5, 0.6) is 5.75 Å². The van der Waals surface area contributed by atoms with Crippen molar-refractivity contribution in [2.75, 3.05) is 19.7 Å². The molecular weight excluding hydrogens is 316 g/mol. The van der Waals surface area contributed by atoms with Crippen LogP contribution in [0.25, 0.3) is 0 Å². The lowest BCUT2D eigenvalue weighted by atomic mass is 9.87. The molecule has 0 unspecified atom stereocenters. The number of hydrogen-bond acceptors (Lipinski definition) is 4. The molecule has 5 heteroatoms. The molecular formula is C20H22N2O3. The molecule has 0 bridgehead atoms. The predicted octanol–water partition coefficient (Wildman–Crippen LogP) is 2.45. The van der Waals surface area contributed by atoms with E-state index >= 15 is 0 Å². The van der Waals surface area contributed by atoms with Crippen molar-refractivity contribution < 1.29 is 14.6 Å². The van der Waals surface area contributed by atoms with E-state index in [2.05, 4.69) is 4.98 Å². The maximum Gasteiger partial charge on any atom is 0.257 e. The van der Waals surface area contributed by atoms with Gasteiger partial charge in [0.1, 0.15) is 11.4 Å². The van der Waals surface area contributed by atoms with Gasteiger partial charge >= 0.3 is 0 Å². The summed E-state index contributed by atoms with van der Waals surface area (Å²) in [6.07, 6.45) is 3.61. The highest BCUT2D eigenvalue weighted by Crippen LogP contribution is 2.34. The lowest BCUT2D eigenvalue weighted by molar-refractivity contribution is -0.0244. The van der Waals surface area contributed by atoms with Crippen LogP contribution in [0.15, 0.2) is 36.5 Å². The third-order valence-corrected chi connectivity index (χ3v) is 5.21. The lowest BCUT2D eigenvalue weighted by Crippen LogP contribution is -2.45. The van der Waals surface area contributed by atoms with Crippen molar-refractivity contribution in [3.05, 3.63) is 58.9 Å². The number of aliphatic hydroxyl groups is 1. The van der Waals surface area contributed by atoms with E-state index < -0.39 is 5.60 Å². The third kappa shape index (κ3) is 2.89. The quantitative estimate of drug-likeness (QED) is 0.914. The molecule has 2 aliphatic heterocycles. The molecule has 130 valence electrons. The van der Waals surface area contributed by atoms with Gasteiger partial charge in [-0.25, -0.2) is 0 Å². The van der Waals surface area contributed by atoms with Gasteiger partial charge in [-0.05, 0) is 43.0 Å². The highest BCUT2D eigenvalue weighted by molar-refractivity contribution is 5.97.